The standard InChI is InChI=1S/C19H17.C5H5.Hf/c1-3-8-16(9-4-1)14-18-12-7-13-19(18)15-17-10-5-2-6-11-17;1-2-4-5-3-1;/h1-13H,14-15H2;1-5H;/q-1;-5;. The molecule has 1 heteroatoms. The molecule has 0 bridgehead atoms. The fourth-order valence-electron chi connectivity index (χ4n) is 2.79. The van der Waals surface area contributed by atoms with E-state index in [0.717, 1.165) is 12.8 Å². The van der Waals surface area contributed by atoms with E-state index in [9.17, 15) is 0 Å². The molecule has 0 aliphatic rings. The van der Waals surface area contributed by atoms with E-state index in [-0.39, 0.29) is 25.8 Å². The molecule has 0 aliphatic heterocycles. The Kier molecular flexibility index (Phi) is 8.34. The van der Waals surface area contributed by atoms with Crippen molar-refractivity contribution >= 4 is 0 Å². The van der Waals surface area contributed by atoms with E-state index in [4.69, 9.17) is 0 Å². The van der Waals surface area contributed by atoms with Crippen LogP contribution < -0.4 is 0 Å². The Balaban J connectivity index is 0.000000325. The van der Waals surface area contributed by atoms with E-state index >= 15 is 0 Å². The molecule has 0 aliphatic carbocycles. The summed E-state index contributed by atoms with van der Waals surface area (Å²) in [5, 5.41) is 0. The summed E-state index contributed by atoms with van der Waals surface area (Å²) in [4.78, 5) is 0. The van der Waals surface area contributed by atoms with Crippen LogP contribution in [-0.2, 0) is 38.7 Å². The maximum Gasteiger partial charge on any atom is 0 e. The quantitative estimate of drug-likeness (QED) is 0.244. The van der Waals surface area contributed by atoms with E-state index in [1.165, 1.54) is 22.3 Å². The third-order valence-corrected chi connectivity index (χ3v) is 4.04. The molecule has 25 heavy (non-hydrogen) atoms. The second-order valence-electron chi connectivity index (χ2n) is 5.86. The van der Waals surface area contributed by atoms with E-state index in [1.807, 2.05) is 30.3 Å². The summed E-state index contributed by atoms with van der Waals surface area (Å²) in [5.41, 5.74) is 5.64. The molecule has 0 atom stereocenters. The van der Waals surface area contributed by atoms with Crippen LogP contribution in [-0.4, -0.2) is 0 Å². The van der Waals surface area contributed by atoms with E-state index in [0.29, 0.717) is 0 Å². The molecule has 0 saturated carbocycles. The zero-order chi connectivity index (χ0) is 16.5. The van der Waals surface area contributed by atoms with Crippen molar-refractivity contribution < 1.29 is 25.8 Å². The molecule has 0 radical (unpaired) electrons. The first-order valence-corrected chi connectivity index (χ1v) is 8.40. The minimum atomic E-state index is 0. The van der Waals surface area contributed by atoms with Gasteiger partial charge in [0.05, 0.1) is 0 Å². The van der Waals surface area contributed by atoms with Crippen molar-refractivity contribution in [3.63, 3.8) is 0 Å². The van der Waals surface area contributed by atoms with Crippen LogP contribution in [0.2, 0.25) is 0 Å². The summed E-state index contributed by atoms with van der Waals surface area (Å²) in [6.07, 6.45) is 2.05. The Bertz CT molecular complexity index is 722. The zero-order valence-electron chi connectivity index (χ0n) is 14.3. The number of rotatable bonds is 4. The van der Waals surface area contributed by atoms with Gasteiger partial charge in [-0.15, -0.1) is 5.56 Å². The van der Waals surface area contributed by atoms with Crippen molar-refractivity contribution in [2.75, 3.05) is 0 Å². The maximum atomic E-state index is 2.24. The van der Waals surface area contributed by atoms with Crippen molar-refractivity contribution in [3.05, 3.63) is 131 Å². The number of benzene rings is 2. The molecular formula is C24H22Hf-6. The second-order valence-corrected chi connectivity index (χ2v) is 5.86. The van der Waals surface area contributed by atoms with Gasteiger partial charge in [-0.3, -0.25) is 0 Å². The smallest absolute Gasteiger partial charge is 0 e. The van der Waals surface area contributed by atoms with Gasteiger partial charge in [-0.1, -0.05) is 66.2 Å². The Hall–Kier alpha value is -1.99. The maximum absolute atomic E-state index is 2.24. The minimum Gasteiger partial charge on any atom is -0.748 e. The molecule has 0 nitrogen and oxygen atoms in total. The zero-order valence-corrected chi connectivity index (χ0v) is 17.9. The fraction of sp³-hybridized carbons (Fsp3) is 0.0833. The van der Waals surface area contributed by atoms with Crippen LogP contribution in [0.25, 0.3) is 0 Å². The second kappa shape index (κ2) is 10.8. The molecule has 4 aromatic rings. The summed E-state index contributed by atoms with van der Waals surface area (Å²) < 4.78 is 0. The molecule has 0 N–H and O–H groups in total. The Morgan fingerprint density at radius 1 is 0.600 bits per heavy atom. The van der Waals surface area contributed by atoms with Gasteiger partial charge in [0.15, 0.2) is 0 Å². The first-order valence-electron chi connectivity index (χ1n) is 8.40. The molecule has 0 heterocycles. The average molecular weight is 489 g/mol. The normalized spacial score (nSPS) is 9.60. The molecule has 0 amide bonds. The predicted molar refractivity (Wildman–Crippen MR) is 103 cm³/mol. The van der Waals surface area contributed by atoms with Gasteiger partial charge in [-0.25, -0.2) is 12.1 Å². The molecule has 4 rings (SSSR count). The van der Waals surface area contributed by atoms with Crippen LogP contribution in [0, 0.1) is 0 Å². The fourth-order valence-corrected chi connectivity index (χ4v) is 2.79. The van der Waals surface area contributed by atoms with Gasteiger partial charge in [0.1, 0.15) is 0 Å². The van der Waals surface area contributed by atoms with Crippen LogP contribution in [0.1, 0.15) is 22.3 Å². The Labute approximate surface area is 169 Å². The minimum absolute atomic E-state index is 0. The number of hydrogen-bond donors (Lipinski definition) is 0. The monoisotopic (exact) mass is 490 g/mol. The molecule has 0 aromatic heterocycles. The summed E-state index contributed by atoms with van der Waals surface area (Å²) in [7, 11) is 0. The molecule has 0 fully saturated rings. The van der Waals surface area contributed by atoms with Crippen molar-refractivity contribution in [1.82, 2.24) is 0 Å². The summed E-state index contributed by atoms with van der Waals surface area (Å²) in [6, 6.07) is 38.0. The Morgan fingerprint density at radius 2 is 1.12 bits per heavy atom. The van der Waals surface area contributed by atoms with Gasteiger partial charge >= 0.3 is 0 Å². The van der Waals surface area contributed by atoms with Gasteiger partial charge in [0.2, 0.25) is 0 Å². The van der Waals surface area contributed by atoms with Crippen LogP contribution in [0.15, 0.2) is 109 Å². The predicted octanol–water partition coefficient (Wildman–Crippen LogP) is 5.99. The van der Waals surface area contributed by atoms with Crippen LogP contribution in [0.3, 0.4) is 0 Å². The largest absolute Gasteiger partial charge is 0.748 e. The van der Waals surface area contributed by atoms with Crippen LogP contribution >= 0.6 is 0 Å². The van der Waals surface area contributed by atoms with Crippen LogP contribution in [0.4, 0.5) is 0 Å². The van der Waals surface area contributed by atoms with E-state index in [1.54, 1.807) is 0 Å². The molecular weight excluding hydrogens is 467 g/mol. The average Bonchev–Trinajstić information content (AvgIpc) is 3.33. The van der Waals surface area contributed by atoms with E-state index < -0.39 is 0 Å². The van der Waals surface area contributed by atoms with Crippen molar-refractivity contribution in [2.24, 2.45) is 0 Å². The Morgan fingerprint density at radius 3 is 1.68 bits per heavy atom. The summed E-state index contributed by atoms with van der Waals surface area (Å²) >= 11 is 0. The number of hydrogen-bond acceptors (Lipinski definition) is 0. The van der Waals surface area contributed by atoms with Gasteiger partial charge < -0.3 is 30.3 Å². The SMILES string of the molecule is [Hf].[cH-]1[cH-][cH-][cH-][cH-]1.c1ccc(Cc2ccc[c-]2Cc2ccccc2)cc1. The van der Waals surface area contributed by atoms with E-state index in [2.05, 4.69) is 78.9 Å². The van der Waals surface area contributed by atoms with Crippen molar-refractivity contribution in [3.8, 4) is 0 Å². The molecule has 4 aromatic carbocycles. The molecule has 0 spiro atoms. The first kappa shape index (κ1) is 19.3. The van der Waals surface area contributed by atoms with Gasteiger partial charge in [0, 0.05) is 25.8 Å². The molecule has 128 valence electrons. The summed E-state index contributed by atoms with van der Waals surface area (Å²) in [6.45, 7) is 0. The topological polar surface area (TPSA) is 0 Å². The third-order valence-electron chi connectivity index (χ3n) is 4.04. The van der Waals surface area contributed by atoms with Gasteiger partial charge in [-0.05, 0) is 18.4 Å². The van der Waals surface area contributed by atoms with Gasteiger partial charge in [-0.2, -0.15) is 11.6 Å². The molecule has 0 saturated heterocycles. The van der Waals surface area contributed by atoms with Crippen LogP contribution in [0.5, 0.6) is 0 Å². The van der Waals surface area contributed by atoms with Gasteiger partial charge in [0.25, 0.3) is 0 Å². The first-order chi connectivity index (χ1) is 11.9. The summed E-state index contributed by atoms with van der Waals surface area (Å²) in [5.74, 6) is 0. The van der Waals surface area contributed by atoms with Crippen molar-refractivity contribution in [1.29, 1.82) is 0 Å². The molecule has 0 unspecified atom stereocenters. The third kappa shape index (κ3) is 6.43. The van der Waals surface area contributed by atoms with Crippen molar-refractivity contribution in [2.45, 2.75) is 12.8 Å².